The third-order valence-corrected chi connectivity index (χ3v) is 6.43. The van der Waals surface area contributed by atoms with Gasteiger partial charge in [0.15, 0.2) is 0 Å². The van der Waals surface area contributed by atoms with Gasteiger partial charge in [-0.05, 0) is 42.5 Å². The number of nitrogens with zero attached hydrogens (tertiary/aromatic N) is 3. The van der Waals surface area contributed by atoms with Gasteiger partial charge in [0.2, 0.25) is 0 Å². The normalized spacial score (nSPS) is 25.8. The van der Waals surface area contributed by atoms with Crippen LogP contribution in [0, 0.1) is 0 Å². The Kier molecular flexibility index (Phi) is 4.87. The lowest BCUT2D eigenvalue weighted by Gasteiger charge is -2.51. The Labute approximate surface area is 175 Å². The van der Waals surface area contributed by atoms with Crippen molar-refractivity contribution in [3.05, 3.63) is 72.1 Å². The first-order chi connectivity index (χ1) is 14.6. The van der Waals surface area contributed by atoms with E-state index in [1.807, 2.05) is 53.4 Å². The first-order valence-electron chi connectivity index (χ1n) is 10.5. The van der Waals surface area contributed by atoms with Crippen molar-refractivity contribution in [3.63, 3.8) is 0 Å². The second kappa shape index (κ2) is 7.69. The minimum absolute atomic E-state index is 0.0247. The largest absolute Gasteiger partial charge is 0.445 e. The Hall–Kier alpha value is -2.99. The number of amides is 1. The highest BCUT2D eigenvalue weighted by Gasteiger charge is 2.48. The fourth-order valence-corrected chi connectivity index (χ4v) is 5.01. The molecule has 0 radical (unpaired) electrons. The topological polar surface area (TPSA) is 75.5 Å². The molecular formula is C24H25N3O3. The van der Waals surface area contributed by atoms with Crippen LogP contribution in [-0.2, 0) is 16.9 Å². The van der Waals surface area contributed by atoms with Crippen molar-refractivity contribution in [2.75, 3.05) is 0 Å². The minimum Gasteiger partial charge on any atom is -0.445 e. The Balaban J connectivity index is 1.35. The lowest BCUT2D eigenvalue weighted by atomic mass is 9.72. The molecule has 2 aromatic carbocycles. The maximum Gasteiger partial charge on any atom is 0.410 e. The number of ether oxygens (including phenoxy) is 1. The second-order valence-corrected chi connectivity index (χ2v) is 8.39. The average molecular weight is 403 g/mol. The zero-order valence-corrected chi connectivity index (χ0v) is 16.8. The maximum atomic E-state index is 12.9. The summed E-state index contributed by atoms with van der Waals surface area (Å²) < 4.78 is 5.62. The number of hydrogen-bond donors (Lipinski definition) is 1. The highest BCUT2D eigenvalue weighted by Crippen LogP contribution is 2.45. The van der Waals surface area contributed by atoms with Crippen molar-refractivity contribution in [1.82, 2.24) is 14.9 Å². The van der Waals surface area contributed by atoms with Gasteiger partial charge in [-0.2, -0.15) is 0 Å². The van der Waals surface area contributed by atoms with Crippen molar-refractivity contribution in [2.45, 2.75) is 56.4 Å². The van der Waals surface area contributed by atoms with Crippen molar-refractivity contribution >= 4 is 17.1 Å². The molecule has 3 aromatic rings. The summed E-state index contributed by atoms with van der Waals surface area (Å²) in [5, 5.41) is 11.6. The SMILES string of the molecule is O=C(OCc1ccccc1)N1C2CCCC1CC(O)(c1ccc3nccnc3c1)C2. The van der Waals surface area contributed by atoms with Crippen LogP contribution in [0.2, 0.25) is 0 Å². The van der Waals surface area contributed by atoms with E-state index < -0.39 is 5.60 Å². The third-order valence-electron chi connectivity index (χ3n) is 6.43. The van der Waals surface area contributed by atoms with Crippen LogP contribution in [0.4, 0.5) is 4.79 Å². The molecule has 0 spiro atoms. The zero-order valence-electron chi connectivity index (χ0n) is 16.8. The van der Waals surface area contributed by atoms with E-state index in [0.29, 0.717) is 12.8 Å². The van der Waals surface area contributed by atoms with Crippen molar-refractivity contribution < 1.29 is 14.6 Å². The second-order valence-electron chi connectivity index (χ2n) is 8.39. The van der Waals surface area contributed by atoms with Crippen molar-refractivity contribution in [2.24, 2.45) is 0 Å². The Bertz CT molecular complexity index is 1040. The summed E-state index contributed by atoms with van der Waals surface area (Å²) >= 11 is 0. The van der Waals surface area contributed by atoms with Crippen LogP contribution in [0.5, 0.6) is 0 Å². The molecule has 2 aliphatic rings. The number of rotatable bonds is 3. The van der Waals surface area contributed by atoms with Crippen LogP contribution in [0.3, 0.4) is 0 Å². The van der Waals surface area contributed by atoms with Crippen LogP contribution in [0.25, 0.3) is 11.0 Å². The highest BCUT2D eigenvalue weighted by molar-refractivity contribution is 5.75. The van der Waals surface area contributed by atoms with Gasteiger partial charge >= 0.3 is 6.09 Å². The minimum atomic E-state index is -0.975. The van der Waals surface area contributed by atoms with E-state index in [9.17, 15) is 9.90 Å². The molecule has 3 heterocycles. The average Bonchev–Trinajstić information content (AvgIpc) is 2.77. The summed E-state index contributed by atoms with van der Waals surface area (Å²) in [4.78, 5) is 23.5. The molecule has 0 aliphatic carbocycles. The molecule has 6 heteroatoms. The molecule has 5 rings (SSSR count). The Morgan fingerprint density at radius 1 is 1.03 bits per heavy atom. The van der Waals surface area contributed by atoms with E-state index in [-0.39, 0.29) is 24.8 Å². The monoisotopic (exact) mass is 403 g/mol. The quantitative estimate of drug-likeness (QED) is 0.710. The van der Waals surface area contributed by atoms with Gasteiger partial charge in [0.1, 0.15) is 6.61 Å². The number of carbonyl (C=O) groups is 1. The number of hydrogen-bond acceptors (Lipinski definition) is 5. The molecule has 154 valence electrons. The fraction of sp³-hybridized carbons (Fsp3) is 0.375. The number of piperidine rings is 2. The van der Waals surface area contributed by atoms with Gasteiger partial charge < -0.3 is 14.7 Å². The molecule has 2 bridgehead atoms. The molecule has 1 aromatic heterocycles. The van der Waals surface area contributed by atoms with Gasteiger partial charge in [0, 0.05) is 37.3 Å². The smallest absolute Gasteiger partial charge is 0.410 e. The van der Waals surface area contributed by atoms with E-state index in [4.69, 9.17) is 4.74 Å². The van der Waals surface area contributed by atoms with Crippen LogP contribution in [0.15, 0.2) is 60.9 Å². The molecule has 2 atom stereocenters. The summed E-state index contributed by atoms with van der Waals surface area (Å²) in [6.45, 7) is 0.267. The van der Waals surface area contributed by atoms with Gasteiger partial charge in [0.25, 0.3) is 0 Å². The van der Waals surface area contributed by atoms with Gasteiger partial charge in [-0.1, -0.05) is 36.4 Å². The first kappa shape index (κ1) is 19.0. The van der Waals surface area contributed by atoms with Gasteiger partial charge in [0.05, 0.1) is 16.6 Å². The van der Waals surface area contributed by atoms with Crippen LogP contribution in [0.1, 0.15) is 43.2 Å². The van der Waals surface area contributed by atoms with Crippen LogP contribution < -0.4 is 0 Å². The van der Waals surface area contributed by atoms with Crippen LogP contribution >= 0.6 is 0 Å². The molecule has 1 amide bonds. The molecule has 30 heavy (non-hydrogen) atoms. The summed E-state index contributed by atoms with van der Waals surface area (Å²) in [6.07, 6.45) is 6.90. The number of fused-ring (bicyclic) bond motifs is 3. The zero-order chi connectivity index (χ0) is 20.6. The van der Waals surface area contributed by atoms with Gasteiger partial charge in [-0.25, -0.2) is 4.79 Å². The van der Waals surface area contributed by atoms with Gasteiger partial charge in [-0.3, -0.25) is 9.97 Å². The Morgan fingerprint density at radius 3 is 2.47 bits per heavy atom. The molecule has 2 fully saturated rings. The number of carbonyl (C=O) groups excluding carboxylic acids is 1. The fourth-order valence-electron chi connectivity index (χ4n) is 5.01. The summed E-state index contributed by atoms with van der Waals surface area (Å²) in [5.41, 5.74) is 2.44. The summed E-state index contributed by atoms with van der Waals surface area (Å²) in [5.74, 6) is 0. The maximum absolute atomic E-state index is 12.9. The third kappa shape index (κ3) is 3.52. The van der Waals surface area contributed by atoms with E-state index >= 15 is 0 Å². The highest BCUT2D eigenvalue weighted by atomic mass is 16.6. The number of aromatic nitrogens is 2. The molecule has 6 nitrogen and oxygen atoms in total. The Morgan fingerprint density at radius 2 is 1.73 bits per heavy atom. The number of aliphatic hydroxyl groups is 1. The first-order valence-corrected chi connectivity index (χ1v) is 10.5. The van der Waals surface area contributed by atoms with Crippen molar-refractivity contribution in [1.29, 1.82) is 0 Å². The lowest BCUT2D eigenvalue weighted by molar-refractivity contribution is -0.0895. The predicted octanol–water partition coefficient (Wildman–Crippen LogP) is 4.17. The predicted molar refractivity (Wildman–Crippen MR) is 113 cm³/mol. The van der Waals surface area contributed by atoms with E-state index in [1.54, 1.807) is 12.4 Å². The molecule has 2 saturated heterocycles. The standard InChI is InChI=1S/C24H25N3O3/c28-23(30-16-17-5-2-1-3-6-17)27-19-7-4-8-20(27)15-24(29,14-19)18-9-10-21-22(13-18)26-12-11-25-21/h1-3,5-6,9-13,19-20,29H,4,7-8,14-16H2. The summed E-state index contributed by atoms with van der Waals surface area (Å²) in [7, 11) is 0. The molecule has 1 N–H and O–H groups in total. The number of benzene rings is 2. The van der Waals surface area contributed by atoms with E-state index in [2.05, 4.69) is 9.97 Å². The van der Waals surface area contributed by atoms with E-state index in [1.165, 1.54) is 0 Å². The lowest BCUT2D eigenvalue weighted by Crippen LogP contribution is -2.58. The molecule has 2 unspecified atom stereocenters. The molecular weight excluding hydrogens is 378 g/mol. The van der Waals surface area contributed by atoms with Gasteiger partial charge in [-0.15, -0.1) is 0 Å². The molecule has 0 saturated carbocycles. The summed E-state index contributed by atoms with van der Waals surface area (Å²) in [6, 6.07) is 15.5. The van der Waals surface area contributed by atoms with E-state index in [0.717, 1.165) is 41.4 Å². The van der Waals surface area contributed by atoms with Crippen LogP contribution in [-0.4, -0.2) is 38.2 Å². The van der Waals surface area contributed by atoms with Crippen molar-refractivity contribution in [3.8, 4) is 0 Å². The molecule has 2 aliphatic heterocycles.